The van der Waals surface area contributed by atoms with E-state index in [4.69, 9.17) is 0 Å². The van der Waals surface area contributed by atoms with Gasteiger partial charge in [0, 0.05) is 12.6 Å². The maximum atomic E-state index is 13.0. The van der Waals surface area contributed by atoms with Crippen molar-refractivity contribution in [2.24, 2.45) is 0 Å². The molecule has 1 aliphatic rings. The summed E-state index contributed by atoms with van der Waals surface area (Å²) in [7, 11) is 1.78. The van der Waals surface area contributed by atoms with Crippen molar-refractivity contribution in [1.29, 1.82) is 0 Å². The lowest BCUT2D eigenvalue weighted by molar-refractivity contribution is 0.261. The first-order chi connectivity index (χ1) is 4.84. The number of hydrogen-bond acceptors (Lipinski definition) is 2. The van der Waals surface area contributed by atoms with Crippen molar-refractivity contribution in [2.45, 2.75) is 25.1 Å². The van der Waals surface area contributed by atoms with Crippen molar-refractivity contribution in [1.82, 2.24) is 10.6 Å². The van der Waals surface area contributed by atoms with E-state index in [0.29, 0.717) is 6.54 Å². The van der Waals surface area contributed by atoms with Crippen molar-refractivity contribution in [3.8, 4) is 0 Å². The molecule has 0 amide bonds. The Balaban J connectivity index is 2.18. The van der Waals surface area contributed by atoms with Crippen LogP contribution >= 0.6 is 0 Å². The summed E-state index contributed by atoms with van der Waals surface area (Å²) in [6.07, 6.45) is 1.39. The fourth-order valence-electron chi connectivity index (χ4n) is 1.36. The van der Waals surface area contributed by atoms with Gasteiger partial charge in [-0.2, -0.15) is 0 Å². The smallest absolute Gasteiger partial charge is 0.128 e. The highest BCUT2D eigenvalue weighted by atomic mass is 19.1. The van der Waals surface area contributed by atoms with Crippen LogP contribution < -0.4 is 10.6 Å². The van der Waals surface area contributed by atoms with Crippen LogP contribution in [0.1, 0.15) is 12.8 Å². The van der Waals surface area contributed by atoms with Gasteiger partial charge < -0.3 is 10.6 Å². The fraction of sp³-hybridized carbons (Fsp3) is 1.00. The molecule has 0 aliphatic carbocycles. The molecule has 2 atom stereocenters. The molecule has 0 saturated carbocycles. The molecule has 2 unspecified atom stereocenters. The van der Waals surface area contributed by atoms with Gasteiger partial charge in [0.25, 0.3) is 0 Å². The number of nitrogens with one attached hydrogen (secondary N) is 2. The SMILES string of the molecule is CNCC(F)C1CCCN1. The topological polar surface area (TPSA) is 24.1 Å². The largest absolute Gasteiger partial charge is 0.317 e. The average Bonchev–Trinajstić information content (AvgIpc) is 2.38. The fourth-order valence-corrected chi connectivity index (χ4v) is 1.36. The molecule has 3 heteroatoms. The van der Waals surface area contributed by atoms with Gasteiger partial charge in [0.15, 0.2) is 0 Å². The predicted octanol–water partition coefficient (Wildman–Crippen LogP) is 0.296. The predicted molar refractivity (Wildman–Crippen MR) is 39.8 cm³/mol. The first-order valence-electron chi connectivity index (χ1n) is 3.86. The quantitative estimate of drug-likeness (QED) is 0.598. The van der Waals surface area contributed by atoms with E-state index in [0.717, 1.165) is 19.4 Å². The van der Waals surface area contributed by atoms with Crippen molar-refractivity contribution < 1.29 is 4.39 Å². The minimum atomic E-state index is -0.715. The molecule has 1 fully saturated rings. The number of halogens is 1. The maximum Gasteiger partial charge on any atom is 0.128 e. The summed E-state index contributed by atoms with van der Waals surface area (Å²) in [5, 5.41) is 5.96. The summed E-state index contributed by atoms with van der Waals surface area (Å²) in [4.78, 5) is 0. The minimum Gasteiger partial charge on any atom is -0.317 e. The summed E-state index contributed by atoms with van der Waals surface area (Å²) in [6, 6.07) is 0.104. The third-order valence-electron chi connectivity index (χ3n) is 1.93. The van der Waals surface area contributed by atoms with Crippen LogP contribution in [-0.2, 0) is 0 Å². The zero-order valence-corrected chi connectivity index (χ0v) is 6.36. The Bertz CT molecular complexity index is 91.6. The summed E-state index contributed by atoms with van der Waals surface area (Å²) >= 11 is 0. The Morgan fingerprint density at radius 2 is 2.60 bits per heavy atom. The minimum absolute atomic E-state index is 0.104. The molecule has 2 N–H and O–H groups in total. The normalized spacial score (nSPS) is 28.8. The van der Waals surface area contributed by atoms with Gasteiger partial charge in [0.05, 0.1) is 0 Å². The zero-order chi connectivity index (χ0) is 7.40. The van der Waals surface area contributed by atoms with Gasteiger partial charge in [-0.05, 0) is 26.4 Å². The molecule has 0 spiro atoms. The zero-order valence-electron chi connectivity index (χ0n) is 6.36. The molecular formula is C7H15FN2. The van der Waals surface area contributed by atoms with Gasteiger partial charge in [-0.3, -0.25) is 0 Å². The Labute approximate surface area is 61.2 Å². The molecule has 10 heavy (non-hydrogen) atoms. The standard InChI is InChI=1S/C7H15FN2/c1-9-5-6(8)7-3-2-4-10-7/h6-7,9-10H,2-5H2,1H3. The van der Waals surface area contributed by atoms with E-state index in [1.165, 1.54) is 0 Å². The second kappa shape index (κ2) is 3.88. The molecule has 0 radical (unpaired) electrons. The molecule has 0 aromatic carbocycles. The van der Waals surface area contributed by atoms with E-state index in [-0.39, 0.29) is 6.04 Å². The van der Waals surface area contributed by atoms with Crippen LogP contribution in [0, 0.1) is 0 Å². The van der Waals surface area contributed by atoms with Crippen LogP contribution in [0.25, 0.3) is 0 Å². The van der Waals surface area contributed by atoms with Gasteiger partial charge >= 0.3 is 0 Å². The van der Waals surface area contributed by atoms with Crippen LogP contribution in [0.15, 0.2) is 0 Å². The Morgan fingerprint density at radius 3 is 3.10 bits per heavy atom. The molecule has 2 nitrogen and oxygen atoms in total. The van der Waals surface area contributed by atoms with Crippen molar-refractivity contribution in [2.75, 3.05) is 20.1 Å². The van der Waals surface area contributed by atoms with E-state index in [1.807, 2.05) is 0 Å². The van der Waals surface area contributed by atoms with Gasteiger partial charge in [-0.1, -0.05) is 0 Å². The van der Waals surface area contributed by atoms with E-state index >= 15 is 0 Å². The Kier molecular flexibility index (Phi) is 3.09. The summed E-state index contributed by atoms with van der Waals surface area (Å²) in [5.41, 5.74) is 0. The second-order valence-corrected chi connectivity index (χ2v) is 2.78. The van der Waals surface area contributed by atoms with Crippen LogP contribution in [0.2, 0.25) is 0 Å². The molecule has 0 aromatic heterocycles. The number of rotatable bonds is 3. The number of hydrogen-bond donors (Lipinski definition) is 2. The van der Waals surface area contributed by atoms with Crippen LogP contribution in [0.4, 0.5) is 4.39 Å². The van der Waals surface area contributed by atoms with E-state index < -0.39 is 6.17 Å². The van der Waals surface area contributed by atoms with E-state index in [9.17, 15) is 4.39 Å². The van der Waals surface area contributed by atoms with Crippen molar-refractivity contribution >= 4 is 0 Å². The number of alkyl halides is 1. The second-order valence-electron chi connectivity index (χ2n) is 2.78. The lowest BCUT2D eigenvalue weighted by atomic mass is 10.1. The molecule has 1 rings (SSSR count). The highest BCUT2D eigenvalue weighted by Crippen LogP contribution is 2.10. The summed E-state index contributed by atoms with van der Waals surface area (Å²) in [5.74, 6) is 0. The molecule has 1 aliphatic heterocycles. The highest BCUT2D eigenvalue weighted by Gasteiger charge is 2.22. The Morgan fingerprint density at radius 1 is 1.80 bits per heavy atom. The van der Waals surface area contributed by atoms with Crippen LogP contribution in [0.3, 0.4) is 0 Å². The monoisotopic (exact) mass is 146 g/mol. The Hall–Kier alpha value is -0.150. The third-order valence-corrected chi connectivity index (χ3v) is 1.93. The molecular weight excluding hydrogens is 131 g/mol. The van der Waals surface area contributed by atoms with E-state index in [2.05, 4.69) is 10.6 Å². The highest BCUT2D eigenvalue weighted by molar-refractivity contribution is 4.82. The van der Waals surface area contributed by atoms with Crippen LogP contribution in [0.5, 0.6) is 0 Å². The average molecular weight is 146 g/mol. The van der Waals surface area contributed by atoms with Gasteiger partial charge in [0.1, 0.15) is 6.17 Å². The van der Waals surface area contributed by atoms with Crippen molar-refractivity contribution in [3.05, 3.63) is 0 Å². The van der Waals surface area contributed by atoms with Gasteiger partial charge in [-0.25, -0.2) is 4.39 Å². The lowest BCUT2D eigenvalue weighted by Gasteiger charge is -2.14. The summed E-state index contributed by atoms with van der Waals surface area (Å²) in [6.45, 7) is 1.45. The molecule has 60 valence electrons. The lowest BCUT2D eigenvalue weighted by Crippen LogP contribution is -2.37. The molecule has 0 bridgehead atoms. The van der Waals surface area contributed by atoms with E-state index in [1.54, 1.807) is 7.05 Å². The molecule has 1 saturated heterocycles. The van der Waals surface area contributed by atoms with Gasteiger partial charge in [-0.15, -0.1) is 0 Å². The molecule has 1 heterocycles. The summed E-state index contributed by atoms with van der Waals surface area (Å²) < 4.78 is 13.0. The molecule has 0 aromatic rings. The van der Waals surface area contributed by atoms with Crippen molar-refractivity contribution in [3.63, 3.8) is 0 Å². The van der Waals surface area contributed by atoms with Crippen LogP contribution in [-0.4, -0.2) is 32.4 Å². The van der Waals surface area contributed by atoms with Gasteiger partial charge in [0.2, 0.25) is 0 Å². The third kappa shape index (κ3) is 1.92. The first kappa shape index (κ1) is 7.95. The maximum absolute atomic E-state index is 13.0. The first-order valence-corrected chi connectivity index (χ1v) is 3.86.